The minimum absolute atomic E-state index is 0.0526. The van der Waals surface area contributed by atoms with Crippen LogP contribution >= 0.6 is 0 Å². The van der Waals surface area contributed by atoms with E-state index in [2.05, 4.69) is 106 Å². The molecule has 5 atom stereocenters. The molecule has 0 aliphatic carbocycles. The molecule has 0 spiro atoms. The van der Waals surface area contributed by atoms with Crippen molar-refractivity contribution in [3.05, 3.63) is 157 Å². The van der Waals surface area contributed by atoms with E-state index in [4.69, 9.17) is 28.1 Å². The Labute approximate surface area is 337 Å². The third-order valence-corrected chi connectivity index (χ3v) is 15.3. The fourth-order valence-corrected chi connectivity index (χ4v) is 12.1. The van der Waals surface area contributed by atoms with Crippen molar-refractivity contribution in [1.29, 1.82) is 0 Å². The molecule has 6 rings (SSSR count). The van der Waals surface area contributed by atoms with Crippen LogP contribution in [0.25, 0.3) is 10.8 Å². The Balaban J connectivity index is 1.42. The zero-order chi connectivity index (χ0) is 40.3. The van der Waals surface area contributed by atoms with Gasteiger partial charge < -0.3 is 32.9 Å². The van der Waals surface area contributed by atoms with E-state index in [1.165, 1.54) is 6.92 Å². The number of ether oxygens (including phenoxy) is 5. The number of esters is 1. The molecule has 1 aliphatic rings. The van der Waals surface area contributed by atoms with Gasteiger partial charge in [-0.2, -0.15) is 0 Å². The zero-order valence-electron chi connectivity index (χ0n) is 33.4. The van der Waals surface area contributed by atoms with Gasteiger partial charge in [0.05, 0.1) is 32.8 Å². The van der Waals surface area contributed by atoms with Crippen molar-refractivity contribution >= 4 is 41.2 Å². The van der Waals surface area contributed by atoms with E-state index < -0.39 is 45.0 Å². The minimum Gasteiger partial charge on any atom is -0.454 e. The highest BCUT2D eigenvalue weighted by molar-refractivity contribution is 6.99. The molecule has 1 heterocycles. The Morgan fingerprint density at radius 3 is 1.88 bits per heavy atom. The van der Waals surface area contributed by atoms with Gasteiger partial charge in [-0.3, -0.25) is 4.79 Å². The molecule has 0 N–H and O–H groups in total. The molecule has 9 heteroatoms. The van der Waals surface area contributed by atoms with Crippen LogP contribution in [-0.2, 0) is 50.9 Å². The predicted molar refractivity (Wildman–Crippen MR) is 226 cm³/mol. The summed E-state index contributed by atoms with van der Waals surface area (Å²) in [6, 6.07) is 45.1. The summed E-state index contributed by atoms with van der Waals surface area (Å²) in [5.74, 6) is -0.671. The first-order valence-corrected chi connectivity index (χ1v) is 21.6. The van der Waals surface area contributed by atoms with Gasteiger partial charge in [0.25, 0.3) is 8.32 Å². The first kappa shape index (κ1) is 41.9. The molecule has 1 saturated heterocycles. The average Bonchev–Trinajstić information content (AvgIpc) is 3.22. The lowest BCUT2D eigenvalue weighted by Crippen LogP contribution is -2.68. The third-order valence-electron chi connectivity index (χ3n) is 10.3. The number of benzene rings is 5. The van der Waals surface area contributed by atoms with E-state index in [9.17, 15) is 9.59 Å². The SMILES string of the molecule is C=CCO[C@H]1O[C@H](CO[Si](c2ccccc2)(c2ccccc2)C(C)(C)C)[C@@H](OCc2ccc3ccccc3c2)[C@H](OCc2ccccc2)[C@@H]1OC(=O)CCC(C)=O. The van der Waals surface area contributed by atoms with Crippen molar-refractivity contribution in [3.63, 3.8) is 0 Å². The number of carbonyl (C=O) groups excluding carboxylic acids is 2. The van der Waals surface area contributed by atoms with Gasteiger partial charge in [0, 0.05) is 6.42 Å². The molecule has 1 aliphatic heterocycles. The number of hydrogen-bond acceptors (Lipinski definition) is 8. The molecule has 0 bridgehead atoms. The van der Waals surface area contributed by atoms with E-state index >= 15 is 0 Å². The summed E-state index contributed by atoms with van der Waals surface area (Å²) >= 11 is 0. The first-order valence-electron chi connectivity index (χ1n) is 19.7. The van der Waals surface area contributed by atoms with Crippen LogP contribution in [-0.4, -0.2) is 64.0 Å². The molecule has 0 amide bonds. The van der Waals surface area contributed by atoms with Gasteiger partial charge in [-0.05, 0) is 50.3 Å². The molecule has 298 valence electrons. The van der Waals surface area contributed by atoms with Crippen molar-refractivity contribution in [3.8, 4) is 0 Å². The Kier molecular flexibility index (Phi) is 14.4. The van der Waals surface area contributed by atoms with E-state index in [-0.39, 0.29) is 50.1 Å². The number of Topliss-reactive ketones (excluding diaryl/α,β-unsaturated/α-hetero) is 1. The summed E-state index contributed by atoms with van der Waals surface area (Å²) < 4.78 is 40.4. The van der Waals surface area contributed by atoms with Crippen LogP contribution in [0.1, 0.15) is 51.7 Å². The van der Waals surface area contributed by atoms with E-state index in [0.717, 1.165) is 32.3 Å². The number of carbonyl (C=O) groups is 2. The van der Waals surface area contributed by atoms with Gasteiger partial charge in [0.2, 0.25) is 0 Å². The van der Waals surface area contributed by atoms with E-state index in [0.29, 0.717) is 0 Å². The molecular formula is C48H54O8Si. The summed E-state index contributed by atoms with van der Waals surface area (Å²) in [6.07, 6.45) is -2.89. The molecule has 0 aromatic heterocycles. The molecular weight excluding hydrogens is 733 g/mol. The van der Waals surface area contributed by atoms with E-state index in [1.54, 1.807) is 6.08 Å². The summed E-state index contributed by atoms with van der Waals surface area (Å²) in [5, 5.41) is 4.17. The van der Waals surface area contributed by atoms with Gasteiger partial charge in [0.1, 0.15) is 24.1 Å². The van der Waals surface area contributed by atoms with Gasteiger partial charge in [-0.25, -0.2) is 0 Å². The first-order chi connectivity index (χ1) is 27.6. The van der Waals surface area contributed by atoms with Crippen LogP contribution in [0.2, 0.25) is 5.04 Å². The molecule has 5 aromatic rings. The van der Waals surface area contributed by atoms with Crippen molar-refractivity contribution in [2.75, 3.05) is 13.2 Å². The molecule has 0 unspecified atom stereocenters. The molecule has 0 radical (unpaired) electrons. The molecule has 5 aromatic carbocycles. The minimum atomic E-state index is -3.04. The van der Waals surface area contributed by atoms with Crippen LogP contribution < -0.4 is 10.4 Å². The Morgan fingerprint density at radius 2 is 1.26 bits per heavy atom. The van der Waals surface area contributed by atoms with Crippen molar-refractivity contribution in [2.24, 2.45) is 0 Å². The van der Waals surface area contributed by atoms with Gasteiger partial charge in [-0.1, -0.05) is 154 Å². The summed E-state index contributed by atoms with van der Waals surface area (Å²) in [6.45, 7) is 12.7. The lowest BCUT2D eigenvalue weighted by Gasteiger charge is -2.48. The van der Waals surface area contributed by atoms with Crippen LogP contribution in [0, 0.1) is 0 Å². The number of fused-ring (bicyclic) bond motifs is 1. The maximum atomic E-state index is 13.4. The third kappa shape index (κ3) is 10.4. The second kappa shape index (κ2) is 19.6. The standard InChI is InChI=1S/C48H54O8Si/c1-6-30-51-47-46(56-43(50)29-26-35(2)49)45(53-32-36-18-10-7-11-19-36)44(52-33-37-27-28-38-20-16-17-21-39(38)31-37)42(55-47)34-54-57(48(3,4)5,40-22-12-8-13-23-40)41-24-14-9-15-25-41/h6-25,27-28,31,42,44-47H,1,26,29-30,32-34H2,2-5H3/t42-,44-,45+,46+,47+/m1/s1. The van der Waals surface area contributed by atoms with Crippen LogP contribution in [0.3, 0.4) is 0 Å². The number of ketones is 1. The summed E-state index contributed by atoms with van der Waals surface area (Å²) in [5.41, 5.74) is 1.89. The van der Waals surface area contributed by atoms with Gasteiger partial charge >= 0.3 is 5.97 Å². The molecule has 57 heavy (non-hydrogen) atoms. The van der Waals surface area contributed by atoms with Gasteiger partial charge in [0.15, 0.2) is 12.4 Å². The molecule has 1 fully saturated rings. The van der Waals surface area contributed by atoms with Crippen LogP contribution in [0.5, 0.6) is 0 Å². The quantitative estimate of drug-likeness (QED) is 0.0501. The van der Waals surface area contributed by atoms with Crippen LogP contribution in [0.4, 0.5) is 0 Å². The Morgan fingerprint density at radius 1 is 0.684 bits per heavy atom. The second-order valence-corrected chi connectivity index (χ2v) is 19.8. The highest BCUT2D eigenvalue weighted by atomic mass is 28.4. The lowest BCUT2D eigenvalue weighted by molar-refractivity contribution is -0.316. The highest BCUT2D eigenvalue weighted by Gasteiger charge is 2.54. The zero-order valence-corrected chi connectivity index (χ0v) is 34.4. The Hall–Kier alpha value is -4.74. The van der Waals surface area contributed by atoms with E-state index in [1.807, 2.05) is 54.6 Å². The normalized spacial score (nSPS) is 19.9. The second-order valence-electron chi connectivity index (χ2n) is 15.5. The summed E-state index contributed by atoms with van der Waals surface area (Å²) in [4.78, 5) is 25.3. The lowest BCUT2D eigenvalue weighted by atomic mass is 9.97. The topological polar surface area (TPSA) is 89.5 Å². The monoisotopic (exact) mass is 786 g/mol. The van der Waals surface area contributed by atoms with Crippen LogP contribution in [0.15, 0.2) is 146 Å². The maximum absolute atomic E-state index is 13.4. The van der Waals surface area contributed by atoms with Crippen molar-refractivity contribution in [1.82, 2.24) is 0 Å². The number of rotatable bonds is 18. The number of hydrogen-bond donors (Lipinski definition) is 0. The van der Waals surface area contributed by atoms with Crippen molar-refractivity contribution < 1.29 is 37.7 Å². The largest absolute Gasteiger partial charge is 0.454 e. The van der Waals surface area contributed by atoms with Crippen molar-refractivity contribution in [2.45, 2.75) is 89.5 Å². The fourth-order valence-electron chi connectivity index (χ4n) is 7.57. The Bertz CT molecular complexity index is 2010. The predicted octanol–water partition coefficient (Wildman–Crippen LogP) is 8.10. The molecule has 0 saturated carbocycles. The molecule has 8 nitrogen and oxygen atoms in total. The highest BCUT2D eigenvalue weighted by Crippen LogP contribution is 2.38. The van der Waals surface area contributed by atoms with Gasteiger partial charge in [-0.15, -0.1) is 6.58 Å². The maximum Gasteiger partial charge on any atom is 0.306 e. The average molecular weight is 787 g/mol. The smallest absolute Gasteiger partial charge is 0.306 e. The summed E-state index contributed by atoms with van der Waals surface area (Å²) in [7, 11) is -3.04. The fraction of sp³-hybridized carbons (Fsp3) is 0.333.